The van der Waals surface area contributed by atoms with Crippen LogP contribution in [0.5, 0.6) is 5.75 Å². The zero-order chi connectivity index (χ0) is 13.2. The van der Waals surface area contributed by atoms with Crippen molar-refractivity contribution in [3.05, 3.63) is 59.9 Å². The van der Waals surface area contributed by atoms with Gasteiger partial charge in [0, 0.05) is 18.2 Å². The molecule has 1 amide bonds. The van der Waals surface area contributed by atoms with Gasteiger partial charge in [-0.2, -0.15) is 0 Å². The Labute approximate surface area is 111 Å². The normalized spacial score (nSPS) is 20.8. The Hall–Kier alpha value is -2.36. The van der Waals surface area contributed by atoms with E-state index in [9.17, 15) is 9.90 Å². The fourth-order valence-corrected chi connectivity index (χ4v) is 2.23. The Bertz CT molecular complexity index is 598. The summed E-state index contributed by atoms with van der Waals surface area (Å²) in [4.78, 5) is 15.8. The number of benzene rings is 1. The van der Waals surface area contributed by atoms with Gasteiger partial charge in [-0.15, -0.1) is 0 Å². The first-order chi connectivity index (χ1) is 9.24. The van der Waals surface area contributed by atoms with E-state index in [2.05, 4.69) is 22.4 Å². The average molecular weight is 254 g/mol. The van der Waals surface area contributed by atoms with Gasteiger partial charge in [0.1, 0.15) is 5.75 Å². The number of nitrogens with zero attached hydrogens (tertiary/aromatic N) is 1. The molecule has 0 aliphatic heterocycles. The first-order valence-electron chi connectivity index (χ1n) is 6.24. The van der Waals surface area contributed by atoms with Crippen LogP contribution in [-0.2, 0) is 0 Å². The number of nitrogens with one attached hydrogen (secondary N) is 1. The highest BCUT2D eigenvalue weighted by Gasteiger charge is 2.39. The van der Waals surface area contributed by atoms with Crippen molar-refractivity contribution >= 4 is 5.91 Å². The lowest BCUT2D eigenvalue weighted by molar-refractivity contribution is 0.0949. The molecule has 2 N–H and O–H groups in total. The summed E-state index contributed by atoms with van der Waals surface area (Å²) >= 11 is 0. The molecule has 2 atom stereocenters. The Morgan fingerprint density at radius 3 is 2.79 bits per heavy atom. The largest absolute Gasteiger partial charge is 0.506 e. The van der Waals surface area contributed by atoms with E-state index in [-0.39, 0.29) is 17.7 Å². The minimum Gasteiger partial charge on any atom is -0.506 e. The van der Waals surface area contributed by atoms with E-state index in [0.717, 1.165) is 6.42 Å². The first kappa shape index (κ1) is 11.7. The number of pyridine rings is 1. The predicted molar refractivity (Wildman–Crippen MR) is 71.0 cm³/mol. The van der Waals surface area contributed by atoms with Crippen LogP contribution in [0.3, 0.4) is 0 Å². The van der Waals surface area contributed by atoms with Gasteiger partial charge in [-0.1, -0.05) is 30.3 Å². The second kappa shape index (κ2) is 4.72. The average Bonchev–Trinajstić information content (AvgIpc) is 3.19. The maximum absolute atomic E-state index is 12.0. The lowest BCUT2D eigenvalue weighted by Gasteiger charge is -2.05. The molecule has 1 aliphatic rings. The molecule has 19 heavy (non-hydrogen) atoms. The number of carbonyl (C=O) groups is 1. The van der Waals surface area contributed by atoms with E-state index in [1.807, 2.05) is 18.2 Å². The molecule has 1 aliphatic carbocycles. The van der Waals surface area contributed by atoms with E-state index < -0.39 is 0 Å². The third-order valence-electron chi connectivity index (χ3n) is 3.32. The number of rotatable bonds is 3. The van der Waals surface area contributed by atoms with Crippen LogP contribution < -0.4 is 5.32 Å². The van der Waals surface area contributed by atoms with Crippen LogP contribution in [0.15, 0.2) is 48.8 Å². The van der Waals surface area contributed by atoms with Gasteiger partial charge < -0.3 is 10.4 Å². The monoisotopic (exact) mass is 254 g/mol. The van der Waals surface area contributed by atoms with Crippen molar-refractivity contribution < 1.29 is 9.90 Å². The van der Waals surface area contributed by atoms with Crippen molar-refractivity contribution in [1.29, 1.82) is 0 Å². The lowest BCUT2D eigenvalue weighted by Crippen LogP contribution is -2.26. The third-order valence-corrected chi connectivity index (χ3v) is 3.32. The topological polar surface area (TPSA) is 62.2 Å². The molecule has 1 aromatic carbocycles. The molecule has 0 spiro atoms. The van der Waals surface area contributed by atoms with E-state index in [0.29, 0.717) is 11.5 Å². The van der Waals surface area contributed by atoms with Crippen molar-refractivity contribution in [3.8, 4) is 5.75 Å². The molecule has 1 aromatic heterocycles. The summed E-state index contributed by atoms with van der Waals surface area (Å²) in [5, 5.41) is 12.3. The minimum atomic E-state index is -0.188. The quantitative estimate of drug-likeness (QED) is 0.881. The van der Waals surface area contributed by atoms with Gasteiger partial charge in [-0.25, -0.2) is 0 Å². The van der Waals surface area contributed by atoms with Gasteiger partial charge >= 0.3 is 0 Å². The smallest absolute Gasteiger partial charge is 0.253 e. The van der Waals surface area contributed by atoms with Crippen molar-refractivity contribution in [3.63, 3.8) is 0 Å². The first-order valence-corrected chi connectivity index (χ1v) is 6.24. The van der Waals surface area contributed by atoms with Gasteiger partial charge in [-0.05, 0) is 18.1 Å². The van der Waals surface area contributed by atoms with Crippen LogP contribution in [-0.4, -0.2) is 22.0 Å². The minimum absolute atomic E-state index is 0.00283. The summed E-state index contributed by atoms with van der Waals surface area (Å²) in [6, 6.07) is 11.7. The SMILES string of the molecule is O=C(NC1CC1c1ccccc1)c1cncc(O)c1. The van der Waals surface area contributed by atoms with Gasteiger partial charge in [0.2, 0.25) is 0 Å². The van der Waals surface area contributed by atoms with Gasteiger partial charge in [0.15, 0.2) is 0 Å². The second-order valence-corrected chi connectivity index (χ2v) is 4.76. The number of hydrogen-bond acceptors (Lipinski definition) is 3. The molecular weight excluding hydrogens is 240 g/mol. The fourth-order valence-electron chi connectivity index (χ4n) is 2.23. The Morgan fingerprint density at radius 1 is 1.26 bits per heavy atom. The summed E-state index contributed by atoms with van der Waals surface area (Å²) in [6.45, 7) is 0. The maximum atomic E-state index is 12.0. The molecule has 4 nitrogen and oxygen atoms in total. The molecule has 0 bridgehead atoms. The number of hydrogen-bond donors (Lipinski definition) is 2. The van der Waals surface area contributed by atoms with E-state index in [4.69, 9.17) is 0 Å². The van der Waals surface area contributed by atoms with Crippen LogP contribution in [0.2, 0.25) is 0 Å². The van der Waals surface area contributed by atoms with Crippen molar-refractivity contribution in [2.24, 2.45) is 0 Å². The van der Waals surface area contributed by atoms with E-state index in [1.54, 1.807) is 0 Å². The van der Waals surface area contributed by atoms with Gasteiger partial charge in [0.05, 0.1) is 11.8 Å². The molecule has 4 heteroatoms. The number of aromatic nitrogens is 1. The molecule has 0 radical (unpaired) electrons. The van der Waals surface area contributed by atoms with Gasteiger partial charge in [0.25, 0.3) is 5.91 Å². The second-order valence-electron chi connectivity index (χ2n) is 4.76. The molecule has 1 heterocycles. The molecular formula is C15H14N2O2. The lowest BCUT2D eigenvalue weighted by atomic mass is 10.1. The summed E-state index contributed by atoms with van der Waals surface area (Å²) in [7, 11) is 0. The van der Waals surface area contributed by atoms with Crippen LogP contribution in [0.4, 0.5) is 0 Å². The molecule has 2 aromatic rings. The van der Waals surface area contributed by atoms with Crippen LogP contribution in [0, 0.1) is 0 Å². The number of amides is 1. The van der Waals surface area contributed by atoms with Crippen molar-refractivity contribution in [1.82, 2.24) is 10.3 Å². The Balaban J connectivity index is 1.64. The van der Waals surface area contributed by atoms with Crippen LogP contribution in [0.1, 0.15) is 28.3 Å². The van der Waals surface area contributed by atoms with E-state index >= 15 is 0 Å². The highest BCUT2D eigenvalue weighted by Crippen LogP contribution is 2.40. The summed E-state index contributed by atoms with van der Waals surface area (Å²) in [5.74, 6) is 0.213. The third kappa shape index (κ3) is 2.57. The van der Waals surface area contributed by atoms with Crippen molar-refractivity contribution in [2.75, 3.05) is 0 Å². The summed E-state index contributed by atoms with van der Waals surface area (Å²) < 4.78 is 0. The number of carbonyl (C=O) groups excluding carboxylic acids is 1. The van der Waals surface area contributed by atoms with Crippen molar-refractivity contribution in [2.45, 2.75) is 18.4 Å². The predicted octanol–water partition coefficient (Wildman–Crippen LogP) is 2.07. The number of aromatic hydroxyl groups is 1. The van der Waals surface area contributed by atoms with E-state index in [1.165, 1.54) is 24.0 Å². The Morgan fingerprint density at radius 2 is 2.05 bits per heavy atom. The standard InChI is InChI=1S/C15H14N2O2/c18-12-6-11(8-16-9-12)15(19)17-14-7-13(14)10-4-2-1-3-5-10/h1-6,8-9,13-14,18H,7H2,(H,17,19). The Kier molecular flexibility index (Phi) is 2.91. The zero-order valence-electron chi connectivity index (χ0n) is 10.3. The summed E-state index contributed by atoms with van der Waals surface area (Å²) in [5.41, 5.74) is 1.64. The van der Waals surface area contributed by atoms with Gasteiger partial charge in [-0.3, -0.25) is 9.78 Å². The highest BCUT2D eigenvalue weighted by molar-refractivity contribution is 5.94. The molecule has 2 unspecified atom stereocenters. The zero-order valence-corrected chi connectivity index (χ0v) is 10.3. The maximum Gasteiger partial charge on any atom is 0.253 e. The van der Waals surface area contributed by atoms with Crippen LogP contribution in [0.25, 0.3) is 0 Å². The van der Waals surface area contributed by atoms with Crippen LogP contribution >= 0.6 is 0 Å². The highest BCUT2D eigenvalue weighted by atomic mass is 16.3. The summed E-state index contributed by atoms with van der Waals surface area (Å²) in [6.07, 6.45) is 3.72. The molecule has 0 saturated heterocycles. The molecule has 1 fully saturated rings. The molecule has 96 valence electrons. The fraction of sp³-hybridized carbons (Fsp3) is 0.200. The molecule has 3 rings (SSSR count). The molecule has 1 saturated carbocycles.